The number of pyridine rings is 1. The Balaban J connectivity index is 1.94. The summed E-state index contributed by atoms with van der Waals surface area (Å²) in [5.74, 6) is -0.0268. The zero-order chi connectivity index (χ0) is 14.8. The maximum absolute atomic E-state index is 12.3. The molecular formula is C15H16ClN3O2. The van der Waals surface area contributed by atoms with Crippen LogP contribution in [0.4, 0.5) is 0 Å². The Hall–Kier alpha value is -1.85. The van der Waals surface area contributed by atoms with Crippen molar-refractivity contribution in [1.82, 2.24) is 14.8 Å². The molecule has 0 unspecified atom stereocenters. The molecule has 1 aromatic heterocycles. The number of nitrogens with one attached hydrogen (secondary N) is 1. The molecule has 0 atom stereocenters. The van der Waals surface area contributed by atoms with Crippen molar-refractivity contribution in [2.75, 3.05) is 26.2 Å². The SMILES string of the molecule is O=C(Cn1c(=O)ccc2cc(Cl)ccc21)N1CCNCC1. The molecule has 110 valence electrons. The van der Waals surface area contributed by atoms with E-state index in [2.05, 4.69) is 5.32 Å². The first-order chi connectivity index (χ1) is 10.1. The van der Waals surface area contributed by atoms with E-state index in [1.807, 2.05) is 0 Å². The van der Waals surface area contributed by atoms with Crippen molar-refractivity contribution in [3.8, 4) is 0 Å². The lowest BCUT2D eigenvalue weighted by Crippen LogP contribution is -2.48. The van der Waals surface area contributed by atoms with Crippen molar-refractivity contribution < 1.29 is 4.79 Å². The van der Waals surface area contributed by atoms with Gasteiger partial charge >= 0.3 is 0 Å². The number of carbonyl (C=O) groups is 1. The zero-order valence-corrected chi connectivity index (χ0v) is 12.3. The standard InChI is InChI=1S/C15H16ClN3O2/c16-12-2-3-13-11(9-12)1-4-14(20)19(13)10-15(21)18-7-5-17-6-8-18/h1-4,9,17H,5-8,10H2. The van der Waals surface area contributed by atoms with Gasteiger partial charge in [0.1, 0.15) is 6.54 Å². The second-order valence-electron chi connectivity index (χ2n) is 5.09. The third-order valence-electron chi connectivity index (χ3n) is 3.71. The van der Waals surface area contributed by atoms with Gasteiger partial charge in [0.2, 0.25) is 5.91 Å². The van der Waals surface area contributed by atoms with E-state index in [4.69, 9.17) is 11.6 Å². The van der Waals surface area contributed by atoms with Crippen LogP contribution in [0.25, 0.3) is 10.9 Å². The van der Waals surface area contributed by atoms with E-state index in [0.29, 0.717) is 18.1 Å². The van der Waals surface area contributed by atoms with Gasteiger partial charge in [-0.1, -0.05) is 11.6 Å². The van der Waals surface area contributed by atoms with Crippen LogP contribution >= 0.6 is 11.6 Å². The van der Waals surface area contributed by atoms with Crippen molar-refractivity contribution in [1.29, 1.82) is 0 Å². The molecule has 1 fully saturated rings. The number of fused-ring (bicyclic) bond motifs is 1. The molecule has 0 bridgehead atoms. The average Bonchev–Trinajstić information content (AvgIpc) is 2.51. The van der Waals surface area contributed by atoms with Gasteiger partial charge in [-0.15, -0.1) is 0 Å². The van der Waals surface area contributed by atoms with Crippen molar-refractivity contribution in [3.05, 3.63) is 45.7 Å². The van der Waals surface area contributed by atoms with Crippen molar-refractivity contribution >= 4 is 28.4 Å². The summed E-state index contributed by atoms with van der Waals surface area (Å²) in [6.07, 6.45) is 0. The van der Waals surface area contributed by atoms with Gasteiger partial charge in [-0.25, -0.2) is 0 Å². The van der Waals surface area contributed by atoms with Crippen LogP contribution in [0.1, 0.15) is 0 Å². The molecule has 2 aromatic rings. The van der Waals surface area contributed by atoms with Crippen LogP contribution in [0, 0.1) is 0 Å². The van der Waals surface area contributed by atoms with E-state index in [1.54, 1.807) is 29.2 Å². The summed E-state index contributed by atoms with van der Waals surface area (Å²) in [7, 11) is 0. The average molecular weight is 306 g/mol. The zero-order valence-electron chi connectivity index (χ0n) is 11.5. The van der Waals surface area contributed by atoms with Crippen LogP contribution in [0.2, 0.25) is 5.02 Å². The van der Waals surface area contributed by atoms with E-state index in [1.165, 1.54) is 10.6 Å². The lowest BCUT2D eigenvalue weighted by atomic mass is 10.2. The van der Waals surface area contributed by atoms with Crippen molar-refractivity contribution in [2.24, 2.45) is 0 Å². The first kappa shape index (κ1) is 14.1. The van der Waals surface area contributed by atoms with E-state index in [9.17, 15) is 9.59 Å². The molecule has 6 heteroatoms. The first-order valence-corrected chi connectivity index (χ1v) is 7.30. The molecule has 1 saturated heterocycles. The van der Waals surface area contributed by atoms with E-state index in [0.717, 1.165) is 24.0 Å². The smallest absolute Gasteiger partial charge is 0.251 e. The van der Waals surface area contributed by atoms with Gasteiger partial charge in [0.25, 0.3) is 5.56 Å². The Morgan fingerprint density at radius 3 is 2.71 bits per heavy atom. The molecule has 1 aliphatic rings. The summed E-state index contributed by atoms with van der Waals surface area (Å²) in [5, 5.41) is 4.67. The lowest BCUT2D eigenvalue weighted by Gasteiger charge is -2.27. The van der Waals surface area contributed by atoms with Crippen molar-refractivity contribution in [2.45, 2.75) is 6.54 Å². The minimum atomic E-state index is -0.173. The highest BCUT2D eigenvalue weighted by Gasteiger charge is 2.17. The van der Waals surface area contributed by atoms with Crippen LogP contribution < -0.4 is 10.9 Å². The lowest BCUT2D eigenvalue weighted by molar-refractivity contribution is -0.132. The molecule has 5 nitrogen and oxygen atoms in total. The number of aromatic nitrogens is 1. The van der Waals surface area contributed by atoms with Crippen LogP contribution in [0.15, 0.2) is 35.1 Å². The molecule has 21 heavy (non-hydrogen) atoms. The van der Waals surface area contributed by atoms with Gasteiger partial charge in [0, 0.05) is 37.3 Å². The summed E-state index contributed by atoms with van der Waals surface area (Å²) < 4.78 is 1.51. The Morgan fingerprint density at radius 2 is 1.95 bits per heavy atom. The molecule has 3 rings (SSSR count). The predicted octanol–water partition coefficient (Wildman–Crippen LogP) is 1.09. The number of piperazine rings is 1. The van der Waals surface area contributed by atoms with Gasteiger partial charge in [-0.3, -0.25) is 14.2 Å². The van der Waals surface area contributed by atoms with E-state index < -0.39 is 0 Å². The number of nitrogens with zero attached hydrogens (tertiary/aromatic N) is 2. The van der Waals surface area contributed by atoms with Crippen LogP contribution in [-0.4, -0.2) is 41.6 Å². The summed E-state index contributed by atoms with van der Waals surface area (Å²) in [5.41, 5.74) is 0.559. The number of hydrogen-bond donors (Lipinski definition) is 1. The third kappa shape index (κ3) is 2.94. The summed E-state index contributed by atoms with van der Waals surface area (Å²) in [4.78, 5) is 26.2. The van der Waals surface area contributed by atoms with Gasteiger partial charge in [-0.05, 0) is 29.7 Å². The van der Waals surface area contributed by atoms with Gasteiger partial charge in [0.05, 0.1) is 5.52 Å². The normalized spacial score (nSPS) is 15.4. The number of hydrogen-bond acceptors (Lipinski definition) is 3. The Morgan fingerprint density at radius 1 is 1.19 bits per heavy atom. The fraction of sp³-hybridized carbons (Fsp3) is 0.333. The highest BCUT2D eigenvalue weighted by Crippen LogP contribution is 2.18. The van der Waals surface area contributed by atoms with E-state index in [-0.39, 0.29) is 18.0 Å². The number of carbonyl (C=O) groups excluding carboxylic acids is 1. The molecule has 0 saturated carbocycles. The van der Waals surface area contributed by atoms with Gasteiger partial charge in [0.15, 0.2) is 0 Å². The number of halogens is 1. The Kier molecular flexibility index (Phi) is 3.94. The van der Waals surface area contributed by atoms with Crippen molar-refractivity contribution in [3.63, 3.8) is 0 Å². The third-order valence-corrected chi connectivity index (χ3v) is 3.95. The summed E-state index contributed by atoms with van der Waals surface area (Å²) in [6.45, 7) is 3.03. The Labute approximate surface area is 127 Å². The van der Waals surface area contributed by atoms with Gasteiger partial charge < -0.3 is 10.2 Å². The largest absolute Gasteiger partial charge is 0.339 e. The maximum atomic E-state index is 12.3. The molecule has 2 heterocycles. The maximum Gasteiger partial charge on any atom is 0.251 e. The molecule has 1 N–H and O–H groups in total. The van der Waals surface area contributed by atoms with Gasteiger partial charge in [-0.2, -0.15) is 0 Å². The van der Waals surface area contributed by atoms with Crippen LogP contribution in [0.3, 0.4) is 0 Å². The highest BCUT2D eigenvalue weighted by atomic mass is 35.5. The topological polar surface area (TPSA) is 54.3 Å². The second-order valence-corrected chi connectivity index (χ2v) is 5.53. The fourth-order valence-electron chi connectivity index (χ4n) is 2.59. The number of benzene rings is 1. The summed E-state index contributed by atoms with van der Waals surface area (Å²) >= 11 is 5.97. The Bertz CT molecular complexity index is 735. The van der Waals surface area contributed by atoms with Crippen LogP contribution in [-0.2, 0) is 11.3 Å². The quantitative estimate of drug-likeness (QED) is 0.903. The summed E-state index contributed by atoms with van der Waals surface area (Å²) in [6, 6.07) is 8.51. The molecule has 0 aliphatic carbocycles. The molecule has 1 aliphatic heterocycles. The highest BCUT2D eigenvalue weighted by molar-refractivity contribution is 6.31. The molecular weight excluding hydrogens is 290 g/mol. The first-order valence-electron chi connectivity index (χ1n) is 6.93. The monoisotopic (exact) mass is 305 g/mol. The molecule has 0 spiro atoms. The molecule has 1 aromatic carbocycles. The number of rotatable bonds is 2. The number of amides is 1. The predicted molar refractivity (Wildman–Crippen MR) is 82.7 cm³/mol. The molecule has 1 amide bonds. The van der Waals surface area contributed by atoms with E-state index >= 15 is 0 Å². The molecule has 0 radical (unpaired) electrons. The minimum Gasteiger partial charge on any atom is -0.339 e. The fourth-order valence-corrected chi connectivity index (χ4v) is 2.77. The second kappa shape index (κ2) is 5.87. The minimum absolute atomic E-state index is 0.0268. The van der Waals surface area contributed by atoms with Crippen LogP contribution in [0.5, 0.6) is 0 Å².